The van der Waals surface area contributed by atoms with E-state index in [0.29, 0.717) is 11.6 Å². The number of anilines is 2. The lowest BCUT2D eigenvalue weighted by Gasteiger charge is -2.13. The third-order valence-corrected chi connectivity index (χ3v) is 8.21. The second kappa shape index (κ2) is 9.38. The fraction of sp³-hybridized carbons (Fsp3) is 0.348. The summed E-state index contributed by atoms with van der Waals surface area (Å²) in [4.78, 5) is 5.61. The van der Waals surface area contributed by atoms with E-state index in [1.807, 2.05) is 13.0 Å². The average Bonchev–Trinajstić information content (AvgIpc) is 3.43. The Morgan fingerprint density at radius 1 is 1.16 bits per heavy atom. The van der Waals surface area contributed by atoms with Crippen LogP contribution in [0.15, 0.2) is 47.4 Å². The molecule has 0 aliphatic heterocycles. The fourth-order valence-corrected chi connectivity index (χ4v) is 6.18. The van der Waals surface area contributed by atoms with Crippen molar-refractivity contribution in [3.8, 4) is 21.9 Å². The van der Waals surface area contributed by atoms with Crippen LogP contribution < -0.4 is 14.8 Å². The smallest absolute Gasteiger partial charge is 0.265 e. The van der Waals surface area contributed by atoms with E-state index >= 15 is 0 Å². The number of aromatic nitrogens is 1. The highest BCUT2D eigenvalue weighted by atomic mass is 32.2. The largest absolute Gasteiger partial charge is 0.508 e. The second-order valence-corrected chi connectivity index (χ2v) is 10.6. The molecular formula is C23H27N3O4S2. The van der Waals surface area contributed by atoms with E-state index < -0.39 is 10.0 Å². The SMILES string of the molecule is COc1ccc(-c2sc(NCC3CCCC3)nc2C)cc1S(=O)(=O)Nc1ccc(O)cc1. The molecule has 1 heterocycles. The Hall–Kier alpha value is -2.78. The van der Waals surface area contributed by atoms with Crippen molar-refractivity contribution < 1.29 is 18.3 Å². The summed E-state index contributed by atoms with van der Waals surface area (Å²) in [5.74, 6) is 1.01. The lowest BCUT2D eigenvalue weighted by Crippen LogP contribution is -2.14. The average molecular weight is 474 g/mol. The molecule has 1 saturated carbocycles. The summed E-state index contributed by atoms with van der Waals surface area (Å²) in [6.07, 6.45) is 5.13. The Kier molecular flexibility index (Phi) is 6.57. The zero-order chi connectivity index (χ0) is 22.7. The minimum Gasteiger partial charge on any atom is -0.508 e. The van der Waals surface area contributed by atoms with Crippen LogP contribution in [-0.4, -0.2) is 32.2 Å². The molecule has 170 valence electrons. The molecule has 1 aliphatic carbocycles. The van der Waals surface area contributed by atoms with Gasteiger partial charge in [0.1, 0.15) is 16.4 Å². The summed E-state index contributed by atoms with van der Waals surface area (Å²) in [5.41, 5.74) is 1.97. The standard InChI is InChI=1S/C23H27N3O4S2/c1-15-22(31-23(25-15)24-14-16-5-3-4-6-16)17-7-12-20(30-2)21(13-17)32(28,29)26-18-8-10-19(27)11-9-18/h7-13,16,26-27H,3-6,14H2,1-2H3,(H,24,25). The molecule has 1 fully saturated rings. The summed E-state index contributed by atoms with van der Waals surface area (Å²) in [7, 11) is -2.47. The maximum Gasteiger partial charge on any atom is 0.265 e. The minimum atomic E-state index is -3.91. The molecule has 3 aromatic rings. The number of ether oxygens (including phenoxy) is 1. The van der Waals surface area contributed by atoms with Crippen LogP contribution in [0, 0.1) is 12.8 Å². The van der Waals surface area contributed by atoms with Crippen LogP contribution in [0.2, 0.25) is 0 Å². The number of aromatic hydroxyl groups is 1. The first-order valence-electron chi connectivity index (χ1n) is 10.6. The van der Waals surface area contributed by atoms with Crippen molar-refractivity contribution in [1.29, 1.82) is 0 Å². The molecule has 1 aromatic heterocycles. The Morgan fingerprint density at radius 3 is 2.56 bits per heavy atom. The maximum absolute atomic E-state index is 13.1. The minimum absolute atomic E-state index is 0.0406. The van der Waals surface area contributed by atoms with E-state index in [0.717, 1.165) is 27.8 Å². The number of nitrogens with one attached hydrogen (secondary N) is 2. The van der Waals surface area contributed by atoms with E-state index in [1.165, 1.54) is 68.4 Å². The lowest BCUT2D eigenvalue weighted by atomic mass is 10.1. The normalized spacial score (nSPS) is 14.4. The van der Waals surface area contributed by atoms with Gasteiger partial charge in [-0.2, -0.15) is 0 Å². The van der Waals surface area contributed by atoms with Gasteiger partial charge in [-0.25, -0.2) is 13.4 Å². The molecule has 3 N–H and O–H groups in total. The summed E-state index contributed by atoms with van der Waals surface area (Å²) in [6.45, 7) is 2.85. The van der Waals surface area contributed by atoms with Gasteiger partial charge in [0.2, 0.25) is 0 Å². The molecule has 7 nitrogen and oxygen atoms in total. The zero-order valence-corrected chi connectivity index (χ0v) is 19.7. The van der Waals surface area contributed by atoms with Gasteiger partial charge in [-0.1, -0.05) is 24.2 Å². The molecule has 32 heavy (non-hydrogen) atoms. The van der Waals surface area contributed by atoms with Gasteiger partial charge in [-0.05, 0) is 73.7 Å². The van der Waals surface area contributed by atoms with Crippen LogP contribution in [-0.2, 0) is 10.0 Å². The van der Waals surface area contributed by atoms with E-state index in [9.17, 15) is 13.5 Å². The Labute approximate surface area is 192 Å². The van der Waals surface area contributed by atoms with Crippen molar-refractivity contribution in [3.63, 3.8) is 0 Å². The summed E-state index contributed by atoms with van der Waals surface area (Å²) in [5, 5.41) is 13.7. The molecule has 0 atom stereocenters. The van der Waals surface area contributed by atoms with Crippen molar-refractivity contribution in [2.24, 2.45) is 5.92 Å². The van der Waals surface area contributed by atoms with Crippen LogP contribution in [0.3, 0.4) is 0 Å². The molecule has 0 bridgehead atoms. The molecule has 0 radical (unpaired) electrons. The van der Waals surface area contributed by atoms with Crippen molar-refractivity contribution in [3.05, 3.63) is 48.2 Å². The van der Waals surface area contributed by atoms with Crippen LogP contribution in [0.5, 0.6) is 11.5 Å². The number of thiazole rings is 1. The first-order valence-corrected chi connectivity index (χ1v) is 12.9. The number of phenolic OH excluding ortho intramolecular Hbond substituents is 1. The summed E-state index contributed by atoms with van der Waals surface area (Å²) < 4.78 is 34.1. The molecule has 9 heteroatoms. The number of methoxy groups -OCH3 is 1. The highest BCUT2D eigenvalue weighted by molar-refractivity contribution is 7.92. The second-order valence-electron chi connectivity index (χ2n) is 7.98. The number of hydrogen-bond acceptors (Lipinski definition) is 7. The van der Waals surface area contributed by atoms with Crippen molar-refractivity contribution in [2.45, 2.75) is 37.5 Å². The fourth-order valence-electron chi connectivity index (χ4n) is 3.95. The first kappa shape index (κ1) is 22.4. The number of hydrogen-bond donors (Lipinski definition) is 3. The predicted molar refractivity (Wildman–Crippen MR) is 128 cm³/mol. The van der Waals surface area contributed by atoms with Gasteiger partial charge < -0.3 is 15.2 Å². The van der Waals surface area contributed by atoms with Crippen molar-refractivity contribution in [2.75, 3.05) is 23.7 Å². The van der Waals surface area contributed by atoms with Gasteiger partial charge in [0.05, 0.1) is 17.7 Å². The van der Waals surface area contributed by atoms with E-state index in [4.69, 9.17) is 4.74 Å². The van der Waals surface area contributed by atoms with Gasteiger partial charge in [-0.15, -0.1) is 0 Å². The molecule has 4 rings (SSSR count). The highest BCUT2D eigenvalue weighted by Crippen LogP contribution is 2.37. The van der Waals surface area contributed by atoms with E-state index in [1.54, 1.807) is 12.1 Å². The van der Waals surface area contributed by atoms with Gasteiger partial charge >= 0.3 is 0 Å². The van der Waals surface area contributed by atoms with E-state index in [2.05, 4.69) is 15.0 Å². The number of nitrogens with zero attached hydrogens (tertiary/aromatic N) is 1. The van der Waals surface area contributed by atoms with Crippen LogP contribution >= 0.6 is 11.3 Å². The third-order valence-electron chi connectivity index (χ3n) is 5.65. The number of benzene rings is 2. The van der Waals surface area contributed by atoms with Gasteiger partial charge in [0.15, 0.2) is 5.13 Å². The zero-order valence-electron chi connectivity index (χ0n) is 18.1. The Morgan fingerprint density at radius 2 is 1.88 bits per heavy atom. The van der Waals surface area contributed by atoms with Crippen molar-refractivity contribution >= 4 is 32.2 Å². The van der Waals surface area contributed by atoms with Crippen molar-refractivity contribution in [1.82, 2.24) is 4.98 Å². The Balaban J connectivity index is 1.61. The number of sulfonamides is 1. The third kappa shape index (κ3) is 4.99. The van der Waals surface area contributed by atoms with Crippen LogP contribution in [0.1, 0.15) is 31.4 Å². The lowest BCUT2D eigenvalue weighted by molar-refractivity contribution is 0.403. The molecule has 1 aliphatic rings. The van der Waals surface area contributed by atoms with E-state index in [-0.39, 0.29) is 16.4 Å². The van der Waals surface area contributed by atoms with Gasteiger partial charge in [-0.3, -0.25) is 4.72 Å². The predicted octanol–water partition coefficient (Wildman–Crippen LogP) is 5.24. The van der Waals surface area contributed by atoms with Gasteiger partial charge in [0.25, 0.3) is 10.0 Å². The number of rotatable bonds is 8. The Bertz CT molecular complexity index is 1180. The molecule has 0 spiro atoms. The molecule has 0 unspecified atom stereocenters. The molecule has 2 aromatic carbocycles. The summed E-state index contributed by atoms with van der Waals surface area (Å²) in [6, 6.07) is 11.0. The first-order chi connectivity index (χ1) is 15.4. The monoisotopic (exact) mass is 473 g/mol. The molecule has 0 saturated heterocycles. The number of aryl methyl sites for hydroxylation is 1. The van der Waals surface area contributed by atoms with Gasteiger partial charge in [0, 0.05) is 12.2 Å². The molecule has 0 amide bonds. The summed E-state index contributed by atoms with van der Waals surface area (Å²) >= 11 is 1.53. The molecular weight excluding hydrogens is 446 g/mol. The maximum atomic E-state index is 13.1. The van der Waals surface area contributed by atoms with Crippen LogP contribution in [0.25, 0.3) is 10.4 Å². The topological polar surface area (TPSA) is 101 Å². The quantitative estimate of drug-likeness (QED) is 0.387. The highest BCUT2D eigenvalue weighted by Gasteiger charge is 2.22. The number of phenols is 1. The van der Waals surface area contributed by atoms with Crippen LogP contribution in [0.4, 0.5) is 10.8 Å².